The molecule has 3 heterocycles. The van der Waals surface area contributed by atoms with Crippen LogP contribution in [0.4, 0.5) is 5.69 Å². The van der Waals surface area contributed by atoms with E-state index >= 15 is 0 Å². The van der Waals surface area contributed by atoms with Gasteiger partial charge < -0.3 is 10.2 Å². The van der Waals surface area contributed by atoms with Gasteiger partial charge in [-0.15, -0.1) is 11.3 Å². The Hall–Kier alpha value is -3.78. The van der Waals surface area contributed by atoms with Crippen LogP contribution in [0.15, 0.2) is 53.9 Å². The first-order valence-corrected chi connectivity index (χ1v) is 11.5. The van der Waals surface area contributed by atoms with E-state index in [2.05, 4.69) is 16.8 Å². The van der Waals surface area contributed by atoms with Gasteiger partial charge in [0.1, 0.15) is 6.54 Å². The predicted octanol–water partition coefficient (Wildman–Crippen LogP) is 3.49. The first kappa shape index (κ1) is 21.1. The monoisotopic (exact) mass is 459 g/mol. The number of thiophene rings is 1. The molecule has 2 aliphatic heterocycles. The van der Waals surface area contributed by atoms with Crippen LogP contribution in [-0.2, 0) is 17.8 Å². The van der Waals surface area contributed by atoms with Crippen LogP contribution in [-0.4, -0.2) is 46.5 Å². The van der Waals surface area contributed by atoms with Crippen molar-refractivity contribution in [1.29, 1.82) is 0 Å². The molecule has 3 aromatic rings. The van der Waals surface area contributed by atoms with Crippen LogP contribution in [0.5, 0.6) is 0 Å². The highest BCUT2D eigenvalue weighted by Gasteiger charge is 2.36. The fourth-order valence-electron chi connectivity index (χ4n) is 4.31. The van der Waals surface area contributed by atoms with Crippen molar-refractivity contribution in [2.45, 2.75) is 19.9 Å². The van der Waals surface area contributed by atoms with Crippen LogP contribution in [0, 0.1) is 6.92 Å². The van der Waals surface area contributed by atoms with Gasteiger partial charge in [-0.25, -0.2) is 0 Å². The van der Waals surface area contributed by atoms with Crippen LogP contribution in [0.25, 0.3) is 0 Å². The number of benzene rings is 2. The average molecular weight is 460 g/mol. The van der Waals surface area contributed by atoms with Gasteiger partial charge in [-0.1, -0.05) is 18.2 Å². The molecular formula is C25H21N3O4S. The number of rotatable bonds is 4. The summed E-state index contributed by atoms with van der Waals surface area (Å²) in [7, 11) is 0. The number of nitrogens with zero attached hydrogens (tertiary/aromatic N) is 2. The zero-order chi connectivity index (χ0) is 23.1. The predicted molar refractivity (Wildman–Crippen MR) is 124 cm³/mol. The minimum absolute atomic E-state index is 0.0826. The first-order chi connectivity index (χ1) is 15.9. The molecule has 0 saturated heterocycles. The van der Waals surface area contributed by atoms with Gasteiger partial charge in [0, 0.05) is 29.2 Å². The molecule has 0 unspecified atom stereocenters. The van der Waals surface area contributed by atoms with Crippen LogP contribution < -0.4 is 5.32 Å². The molecular weight excluding hydrogens is 438 g/mol. The summed E-state index contributed by atoms with van der Waals surface area (Å²) in [6.45, 7) is 2.62. The first-order valence-electron chi connectivity index (χ1n) is 10.6. The number of fused-ring (bicyclic) bond motifs is 2. The van der Waals surface area contributed by atoms with Gasteiger partial charge in [0.05, 0.1) is 11.1 Å². The summed E-state index contributed by atoms with van der Waals surface area (Å²) >= 11 is 1.72. The zero-order valence-corrected chi connectivity index (χ0v) is 18.8. The van der Waals surface area contributed by atoms with Gasteiger partial charge in [-0.3, -0.25) is 24.1 Å². The molecule has 0 atom stereocenters. The van der Waals surface area contributed by atoms with Gasteiger partial charge in [-0.2, -0.15) is 0 Å². The molecule has 1 aromatic heterocycles. The van der Waals surface area contributed by atoms with E-state index in [9.17, 15) is 19.2 Å². The summed E-state index contributed by atoms with van der Waals surface area (Å²) in [6.07, 6.45) is 0.842. The Morgan fingerprint density at radius 2 is 1.73 bits per heavy atom. The van der Waals surface area contributed by atoms with E-state index in [1.54, 1.807) is 60.7 Å². The molecule has 0 saturated carbocycles. The molecule has 2 aromatic carbocycles. The van der Waals surface area contributed by atoms with E-state index < -0.39 is 24.3 Å². The fourth-order valence-corrected chi connectivity index (χ4v) is 5.20. The number of imide groups is 1. The largest absolute Gasteiger partial charge is 0.334 e. The minimum Gasteiger partial charge on any atom is -0.334 e. The maximum absolute atomic E-state index is 13.2. The van der Waals surface area contributed by atoms with Crippen LogP contribution in [0.3, 0.4) is 0 Å². The third-order valence-electron chi connectivity index (χ3n) is 6.11. The van der Waals surface area contributed by atoms with Crippen LogP contribution in [0.2, 0.25) is 0 Å². The van der Waals surface area contributed by atoms with Crippen molar-refractivity contribution in [2.24, 2.45) is 0 Å². The number of amides is 4. The average Bonchev–Trinajstić information content (AvgIpc) is 3.38. The molecule has 0 spiro atoms. The Morgan fingerprint density at radius 3 is 2.45 bits per heavy atom. The molecule has 4 amide bonds. The molecule has 33 heavy (non-hydrogen) atoms. The second kappa shape index (κ2) is 8.29. The topological polar surface area (TPSA) is 86.8 Å². The maximum Gasteiger partial charge on any atom is 0.262 e. The molecule has 166 valence electrons. The second-order valence-electron chi connectivity index (χ2n) is 8.11. The number of hydrogen-bond donors (Lipinski definition) is 1. The van der Waals surface area contributed by atoms with Crippen molar-refractivity contribution in [3.8, 4) is 0 Å². The van der Waals surface area contributed by atoms with Crippen molar-refractivity contribution >= 4 is 40.7 Å². The van der Waals surface area contributed by atoms with Crippen molar-refractivity contribution in [3.05, 3.63) is 86.6 Å². The molecule has 8 heteroatoms. The Balaban J connectivity index is 1.30. The standard InChI is InChI=1S/C25H21N3O4S/c1-15-17(23(30)27-11-9-21-16(13-27)10-12-33-21)7-4-8-20(15)26-22(29)14-28-24(31)18-5-2-3-6-19(18)25(28)32/h2-8,10,12H,9,11,13-14H2,1H3,(H,26,29). The summed E-state index contributed by atoms with van der Waals surface area (Å²) < 4.78 is 0. The van der Waals surface area contributed by atoms with Gasteiger partial charge in [0.25, 0.3) is 17.7 Å². The molecule has 2 aliphatic rings. The lowest BCUT2D eigenvalue weighted by molar-refractivity contribution is -0.116. The quantitative estimate of drug-likeness (QED) is 0.605. The fraction of sp³-hybridized carbons (Fsp3) is 0.200. The molecule has 1 N–H and O–H groups in total. The zero-order valence-electron chi connectivity index (χ0n) is 18.0. The van der Waals surface area contributed by atoms with Gasteiger partial charge in [-0.05, 0) is 60.2 Å². The lowest BCUT2D eigenvalue weighted by Gasteiger charge is -2.28. The van der Waals surface area contributed by atoms with Crippen molar-refractivity contribution in [2.75, 3.05) is 18.4 Å². The molecule has 0 fully saturated rings. The SMILES string of the molecule is Cc1c(NC(=O)CN2C(=O)c3ccccc3C2=O)cccc1C(=O)N1CCc2sccc2C1. The Kier molecular flexibility index (Phi) is 5.30. The maximum atomic E-state index is 13.2. The third kappa shape index (κ3) is 3.72. The normalized spacial score (nSPS) is 14.8. The molecule has 0 aliphatic carbocycles. The minimum atomic E-state index is -0.502. The summed E-state index contributed by atoms with van der Waals surface area (Å²) in [5, 5.41) is 4.81. The van der Waals surface area contributed by atoms with Crippen molar-refractivity contribution in [1.82, 2.24) is 9.80 Å². The number of hydrogen-bond acceptors (Lipinski definition) is 5. The van der Waals surface area contributed by atoms with E-state index in [0.717, 1.165) is 11.3 Å². The van der Waals surface area contributed by atoms with E-state index in [1.807, 2.05) is 4.90 Å². The lowest BCUT2D eigenvalue weighted by Crippen LogP contribution is -2.37. The van der Waals surface area contributed by atoms with Crippen molar-refractivity contribution < 1.29 is 19.2 Å². The summed E-state index contributed by atoms with van der Waals surface area (Å²) in [5.41, 5.74) is 3.43. The number of nitrogens with one attached hydrogen (secondary N) is 1. The van der Waals surface area contributed by atoms with Crippen molar-refractivity contribution in [3.63, 3.8) is 0 Å². The van der Waals surface area contributed by atoms with Gasteiger partial charge in [0.2, 0.25) is 5.91 Å². The highest BCUT2D eigenvalue weighted by atomic mass is 32.1. The van der Waals surface area contributed by atoms with Gasteiger partial charge >= 0.3 is 0 Å². The van der Waals surface area contributed by atoms with E-state index in [1.165, 1.54) is 10.4 Å². The summed E-state index contributed by atoms with van der Waals surface area (Å²) in [5.74, 6) is -1.55. The molecule has 0 radical (unpaired) electrons. The molecule has 7 nitrogen and oxygen atoms in total. The second-order valence-corrected chi connectivity index (χ2v) is 9.11. The summed E-state index contributed by atoms with van der Waals surface area (Å²) in [4.78, 5) is 55.0. The smallest absolute Gasteiger partial charge is 0.262 e. The summed E-state index contributed by atoms with van der Waals surface area (Å²) in [6, 6.07) is 13.8. The Labute approximate surface area is 194 Å². The highest BCUT2D eigenvalue weighted by molar-refractivity contribution is 7.10. The highest BCUT2D eigenvalue weighted by Crippen LogP contribution is 2.27. The third-order valence-corrected chi connectivity index (χ3v) is 7.14. The van der Waals surface area contributed by atoms with E-state index in [4.69, 9.17) is 0 Å². The van der Waals surface area contributed by atoms with Gasteiger partial charge in [0.15, 0.2) is 0 Å². The number of carbonyl (C=O) groups is 4. The number of carbonyl (C=O) groups excluding carboxylic acids is 4. The molecule has 5 rings (SSSR count). The lowest BCUT2D eigenvalue weighted by atomic mass is 10.0. The van der Waals surface area contributed by atoms with E-state index in [-0.39, 0.29) is 5.91 Å². The van der Waals surface area contributed by atoms with Crippen LogP contribution in [0.1, 0.15) is 47.1 Å². The Bertz CT molecular complexity index is 1280. The molecule has 0 bridgehead atoms. The van der Waals surface area contributed by atoms with Crippen LogP contribution >= 0.6 is 11.3 Å². The number of anilines is 1. The van der Waals surface area contributed by atoms with E-state index in [0.29, 0.717) is 41.0 Å². The Morgan fingerprint density at radius 1 is 1.00 bits per heavy atom.